The van der Waals surface area contributed by atoms with Crippen molar-refractivity contribution < 1.29 is 4.79 Å². The summed E-state index contributed by atoms with van der Waals surface area (Å²) in [4.78, 5) is 14.2. The molecule has 0 saturated heterocycles. The molecule has 1 amide bonds. The molecule has 0 fully saturated rings. The quantitative estimate of drug-likeness (QED) is 0.484. The summed E-state index contributed by atoms with van der Waals surface area (Å²) in [7, 11) is 0. The Morgan fingerprint density at radius 1 is 1.03 bits per heavy atom. The zero-order valence-corrected chi connectivity index (χ0v) is 18.7. The van der Waals surface area contributed by atoms with E-state index < -0.39 is 0 Å². The summed E-state index contributed by atoms with van der Waals surface area (Å²) in [6.07, 6.45) is 3.85. The number of carbonyl (C=O) groups is 1. The molecule has 3 N–H and O–H groups in total. The molecule has 2 aliphatic rings. The van der Waals surface area contributed by atoms with Crippen LogP contribution >= 0.6 is 11.8 Å². The summed E-state index contributed by atoms with van der Waals surface area (Å²) in [5, 5.41) is 2.94. The second kappa shape index (κ2) is 7.61. The van der Waals surface area contributed by atoms with Crippen LogP contribution in [0.4, 0.5) is 11.4 Å². The van der Waals surface area contributed by atoms with Gasteiger partial charge in [-0.3, -0.25) is 4.79 Å². The molecule has 1 heterocycles. The lowest BCUT2D eigenvalue weighted by Crippen LogP contribution is -2.22. The van der Waals surface area contributed by atoms with Crippen LogP contribution < -0.4 is 11.1 Å². The molecule has 0 radical (unpaired) electrons. The molecule has 5 rings (SSSR count). The Kier molecular flexibility index (Phi) is 4.90. The highest BCUT2D eigenvalue weighted by molar-refractivity contribution is 7.99. The maximum Gasteiger partial charge on any atom is 0.252 e. The molecule has 0 aromatic heterocycles. The summed E-state index contributed by atoms with van der Waals surface area (Å²) in [5.74, 6) is 1.09. The van der Waals surface area contributed by atoms with Gasteiger partial charge in [-0.1, -0.05) is 44.2 Å². The van der Waals surface area contributed by atoms with Gasteiger partial charge in [-0.05, 0) is 81.8 Å². The highest BCUT2D eigenvalue weighted by Gasteiger charge is 2.28. The molecule has 156 valence electrons. The van der Waals surface area contributed by atoms with E-state index in [0.717, 1.165) is 11.1 Å². The number of carbonyl (C=O) groups excluding carboxylic acids is 1. The minimum atomic E-state index is -0.0943. The lowest BCUT2D eigenvalue weighted by atomic mass is 9.80. The van der Waals surface area contributed by atoms with Crippen molar-refractivity contribution in [2.45, 2.75) is 37.0 Å². The zero-order chi connectivity index (χ0) is 21.6. The third-order valence-electron chi connectivity index (χ3n) is 6.38. The molecule has 0 spiro atoms. The highest BCUT2D eigenvalue weighted by Crippen LogP contribution is 2.43. The molecule has 31 heavy (non-hydrogen) atoms. The van der Waals surface area contributed by atoms with Crippen molar-refractivity contribution in [1.82, 2.24) is 0 Å². The van der Waals surface area contributed by atoms with E-state index in [1.165, 1.54) is 39.3 Å². The largest absolute Gasteiger partial charge is 0.397 e. The first kappa shape index (κ1) is 20.0. The van der Waals surface area contributed by atoms with E-state index in [9.17, 15) is 4.79 Å². The van der Waals surface area contributed by atoms with Crippen LogP contribution in [0.15, 0.2) is 71.1 Å². The van der Waals surface area contributed by atoms with Crippen LogP contribution in [0.1, 0.15) is 37.0 Å². The molecule has 4 heteroatoms. The first-order chi connectivity index (χ1) is 14.9. The van der Waals surface area contributed by atoms with Crippen LogP contribution in [-0.4, -0.2) is 11.7 Å². The van der Waals surface area contributed by atoms with Crippen molar-refractivity contribution in [1.29, 1.82) is 0 Å². The Morgan fingerprint density at radius 2 is 1.81 bits per heavy atom. The van der Waals surface area contributed by atoms with Gasteiger partial charge in [-0.15, -0.1) is 11.8 Å². The van der Waals surface area contributed by atoms with Gasteiger partial charge in [0.25, 0.3) is 5.91 Å². The monoisotopic (exact) mass is 426 g/mol. The molecule has 3 nitrogen and oxygen atoms in total. The van der Waals surface area contributed by atoms with Gasteiger partial charge in [0.15, 0.2) is 0 Å². The number of nitrogens with two attached hydrogens (primary N) is 1. The molecular weight excluding hydrogens is 400 g/mol. The maximum absolute atomic E-state index is 12.8. The summed E-state index contributed by atoms with van der Waals surface area (Å²) < 4.78 is 0. The van der Waals surface area contributed by atoms with Crippen LogP contribution in [0, 0.1) is 0 Å². The average molecular weight is 427 g/mol. The van der Waals surface area contributed by atoms with Crippen molar-refractivity contribution in [2.24, 2.45) is 0 Å². The molecule has 0 bridgehead atoms. The second-order valence-electron chi connectivity index (χ2n) is 8.99. The fourth-order valence-electron chi connectivity index (χ4n) is 4.39. The Morgan fingerprint density at radius 3 is 2.65 bits per heavy atom. The number of hydrogen-bond acceptors (Lipinski definition) is 3. The SMILES string of the molecule is CC1(C)CCSc2ccc(-c3ccc4c(c3)C=C(C(=O)Nc3ccccc3N)C4)cc21. The van der Waals surface area contributed by atoms with Gasteiger partial charge < -0.3 is 11.1 Å². The van der Waals surface area contributed by atoms with Crippen LogP contribution in [0.2, 0.25) is 0 Å². The smallest absolute Gasteiger partial charge is 0.252 e. The van der Waals surface area contributed by atoms with E-state index >= 15 is 0 Å². The summed E-state index contributed by atoms with van der Waals surface area (Å²) >= 11 is 1.96. The summed E-state index contributed by atoms with van der Waals surface area (Å²) in [6.45, 7) is 4.68. The minimum Gasteiger partial charge on any atom is -0.397 e. The number of thioether (sulfide) groups is 1. The first-order valence-corrected chi connectivity index (χ1v) is 11.7. The fourth-order valence-corrected chi connectivity index (χ4v) is 5.88. The molecular formula is C27H26N2OS. The van der Waals surface area contributed by atoms with Crippen LogP contribution in [0.3, 0.4) is 0 Å². The van der Waals surface area contributed by atoms with E-state index in [1.54, 1.807) is 6.07 Å². The average Bonchev–Trinajstić information content (AvgIpc) is 3.19. The molecule has 1 aliphatic heterocycles. The predicted octanol–water partition coefficient (Wildman–Crippen LogP) is 6.29. The van der Waals surface area contributed by atoms with E-state index in [2.05, 4.69) is 55.6 Å². The van der Waals surface area contributed by atoms with Crippen molar-refractivity contribution in [2.75, 3.05) is 16.8 Å². The summed E-state index contributed by atoms with van der Waals surface area (Å²) in [5.41, 5.74) is 14.3. The minimum absolute atomic E-state index is 0.0943. The number of amides is 1. The van der Waals surface area contributed by atoms with E-state index in [4.69, 9.17) is 5.73 Å². The van der Waals surface area contributed by atoms with E-state index in [-0.39, 0.29) is 11.3 Å². The molecule has 0 saturated carbocycles. The van der Waals surface area contributed by atoms with Gasteiger partial charge in [0.1, 0.15) is 0 Å². The molecule has 0 unspecified atom stereocenters. The lowest BCUT2D eigenvalue weighted by Gasteiger charge is -2.32. The van der Waals surface area contributed by atoms with Crippen LogP contribution in [-0.2, 0) is 16.6 Å². The Hall–Kier alpha value is -2.98. The standard InChI is InChI=1S/C27H26N2OS/c1-27(2)11-12-31-25-10-9-19(16-22(25)27)17-7-8-18-14-21(15-20(18)13-17)26(30)29-24-6-4-3-5-23(24)28/h3-10,13,15-16H,11-12,14,28H2,1-2H3,(H,29,30). The number of nitrogens with one attached hydrogen (secondary N) is 1. The van der Waals surface area contributed by atoms with Crippen molar-refractivity contribution in [3.8, 4) is 11.1 Å². The lowest BCUT2D eigenvalue weighted by molar-refractivity contribution is -0.112. The Balaban J connectivity index is 1.42. The van der Waals surface area contributed by atoms with Crippen LogP contribution in [0.25, 0.3) is 17.2 Å². The van der Waals surface area contributed by atoms with Crippen LogP contribution in [0.5, 0.6) is 0 Å². The van der Waals surface area contributed by atoms with Gasteiger partial charge >= 0.3 is 0 Å². The number of benzene rings is 3. The molecule has 0 atom stereocenters. The van der Waals surface area contributed by atoms with E-state index in [1.807, 2.05) is 36.0 Å². The van der Waals surface area contributed by atoms with Gasteiger partial charge in [0.2, 0.25) is 0 Å². The maximum atomic E-state index is 12.8. The third kappa shape index (κ3) is 3.77. The first-order valence-electron chi connectivity index (χ1n) is 10.7. The molecule has 1 aliphatic carbocycles. The number of anilines is 2. The second-order valence-corrected chi connectivity index (χ2v) is 10.1. The van der Waals surface area contributed by atoms with E-state index in [0.29, 0.717) is 17.8 Å². The normalized spacial score (nSPS) is 16.3. The fraction of sp³-hybridized carbons (Fsp3) is 0.222. The topological polar surface area (TPSA) is 55.1 Å². The molecule has 3 aromatic rings. The summed E-state index contributed by atoms with van der Waals surface area (Å²) in [6, 6.07) is 20.7. The third-order valence-corrected chi connectivity index (χ3v) is 7.46. The Labute approximate surface area is 187 Å². The van der Waals surface area contributed by atoms with Crippen molar-refractivity contribution >= 4 is 35.1 Å². The van der Waals surface area contributed by atoms with Gasteiger partial charge in [0.05, 0.1) is 11.4 Å². The number of fused-ring (bicyclic) bond motifs is 2. The van der Waals surface area contributed by atoms with Gasteiger partial charge in [0, 0.05) is 16.9 Å². The Bertz CT molecular complexity index is 1230. The zero-order valence-electron chi connectivity index (χ0n) is 17.9. The highest BCUT2D eigenvalue weighted by atomic mass is 32.2. The number of rotatable bonds is 3. The number of nitrogen functional groups attached to an aromatic ring is 1. The van der Waals surface area contributed by atoms with Gasteiger partial charge in [-0.2, -0.15) is 0 Å². The predicted molar refractivity (Wildman–Crippen MR) is 131 cm³/mol. The van der Waals surface area contributed by atoms with Crippen molar-refractivity contribution in [3.63, 3.8) is 0 Å². The van der Waals surface area contributed by atoms with Gasteiger partial charge in [-0.25, -0.2) is 0 Å². The number of hydrogen-bond donors (Lipinski definition) is 2. The molecule has 3 aromatic carbocycles. The number of para-hydroxylation sites is 2. The van der Waals surface area contributed by atoms with Crippen molar-refractivity contribution in [3.05, 3.63) is 82.9 Å².